The minimum Gasteiger partial charge on any atom is -0.495 e. The Morgan fingerprint density at radius 2 is 1.73 bits per heavy atom. The molecule has 0 radical (unpaired) electrons. The maximum Gasteiger partial charge on any atom is 0.266 e. The van der Waals surface area contributed by atoms with Crippen LogP contribution < -0.4 is 10.3 Å². The fourth-order valence-electron chi connectivity index (χ4n) is 3.49. The average Bonchev–Trinajstić information content (AvgIpc) is 3.32. The van der Waals surface area contributed by atoms with E-state index in [2.05, 4.69) is 10.1 Å². The van der Waals surface area contributed by atoms with Gasteiger partial charge in [0.2, 0.25) is 0 Å². The summed E-state index contributed by atoms with van der Waals surface area (Å²) in [7, 11) is 1.58. The maximum absolute atomic E-state index is 13.5. The first-order valence-electron chi connectivity index (χ1n) is 10.3. The van der Waals surface area contributed by atoms with Gasteiger partial charge in [0.05, 0.1) is 29.5 Å². The van der Waals surface area contributed by atoms with Crippen LogP contribution in [0.2, 0.25) is 0 Å². The van der Waals surface area contributed by atoms with Crippen LogP contribution in [0.5, 0.6) is 5.75 Å². The van der Waals surface area contributed by atoms with E-state index in [0.29, 0.717) is 45.0 Å². The first-order valence-corrected chi connectivity index (χ1v) is 11.3. The number of ether oxygens (including phenoxy) is 1. The highest BCUT2D eigenvalue weighted by molar-refractivity contribution is 7.98. The van der Waals surface area contributed by atoms with Gasteiger partial charge in [0.1, 0.15) is 5.75 Å². The molecule has 0 aliphatic rings. The van der Waals surface area contributed by atoms with Crippen molar-refractivity contribution in [3.8, 4) is 22.9 Å². The van der Waals surface area contributed by atoms with Gasteiger partial charge in [-0.25, -0.2) is 4.98 Å². The van der Waals surface area contributed by atoms with Crippen LogP contribution in [0.4, 0.5) is 0 Å². The highest BCUT2D eigenvalue weighted by Gasteiger charge is 2.17. The summed E-state index contributed by atoms with van der Waals surface area (Å²) in [5.41, 5.74) is 3.11. The van der Waals surface area contributed by atoms with Crippen LogP contribution in [0.15, 0.2) is 87.3 Å². The van der Waals surface area contributed by atoms with Gasteiger partial charge in [0, 0.05) is 5.56 Å². The first-order chi connectivity index (χ1) is 16.1. The summed E-state index contributed by atoms with van der Waals surface area (Å²) in [4.78, 5) is 22.7. The quantitative estimate of drug-likeness (QED) is 0.261. The van der Waals surface area contributed by atoms with Crippen LogP contribution >= 0.6 is 11.8 Å². The molecule has 0 N–H and O–H groups in total. The molecule has 2 aromatic heterocycles. The fraction of sp³-hybridized carbons (Fsp3) is 0.120. The Bertz CT molecular complexity index is 1490. The van der Waals surface area contributed by atoms with Crippen LogP contribution in [0.25, 0.3) is 28.0 Å². The monoisotopic (exact) mass is 456 g/mol. The second-order valence-electron chi connectivity index (χ2n) is 7.39. The van der Waals surface area contributed by atoms with Crippen molar-refractivity contribution in [3.05, 3.63) is 94.5 Å². The molecule has 0 unspecified atom stereocenters. The first kappa shape index (κ1) is 21.0. The number of aryl methyl sites for hydroxylation is 1. The zero-order valence-corrected chi connectivity index (χ0v) is 18.9. The molecule has 0 fully saturated rings. The van der Waals surface area contributed by atoms with Gasteiger partial charge in [-0.1, -0.05) is 58.9 Å². The fourth-order valence-corrected chi connectivity index (χ4v) is 4.34. The highest BCUT2D eigenvalue weighted by atomic mass is 32.2. The van der Waals surface area contributed by atoms with E-state index in [0.717, 1.165) is 11.1 Å². The van der Waals surface area contributed by atoms with Gasteiger partial charge in [-0.05, 0) is 43.3 Å². The summed E-state index contributed by atoms with van der Waals surface area (Å²) in [6, 6.07) is 22.6. The number of methoxy groups -OCH3 is 1. The summed E-state index contributed by atoms with van der Waals surface area (Å²) in [6.07, 6.45) is 0. The Balaban J connectivity index is 1.53. The third kappa shape index (κ3) is 4.12. The van der Waals surface area contributed by atoms with Crippen molar-refractivity contribution < 1.29 is 9.26 Å². The van der Waals surface area contributed by atoms with E-state index in [1.165, 1.54) is 11.8 Å². The SMILES string of the molecule is COc1ccccc1-n1c(SCc2noc(-c3ccc(C)cc3)n2)nc2ccccc2c1=O. The van der Waals surface area contributed by atoms with E-state index in [4.69, 9.17) is 14.2 Å². The largest absolute Gasteiger partial charge is 0.495 e. The van der Waals surface area contributed by atoms with Crippen LogP contribution in [-0.2, 0) is 5.75 Å². The number of hydrogen-bond acceptors (Lipinski definition) is 7. The van der Waals surface area contributed by atoms with Crippen LogP contribution in [-0.4, -0.2) is 26.8 Å². The molecule has 5 rings (SSSR count). The Morgan fingerprint density at radius 3 is 2.55 bits per heavy atom. The molecule has 0 amide bonds. The predicted octanol–water partition coefficient (Wildman–Crippen LogP) is 5.05. The summed E-state index contributed by atoms with van der Waals surface area (Å²) in [6.45, 7) is 2.03. The molecule has 8 heteroatoms. The number of thioether (sulfide) groups is 1. The molecule has 33 heavy (non-hydrogen) atoms. The summed E-state index contributed by atoms with van der Waals surface area (Å²) in [5.74, 6) is 1.94. The van der Waals surface area contributed by atoms with Gasteiger partial charge < -0.3 is 9.26 Å². The molecule has 164 valence electrons. The lowest BCUT2D eigenvalue weighted by molar-refractivity contribution is 0.411. The van der Waals surface area contributed by atoms with Crippen LogP contribution in [0, 0.1) is 6.92 Å². The zero-order chi connectivity index (χ0) is 22.8. The second kappa shape index (κ2) is 8.91. The number of para-hydroxylation sites is 3. The van der Waals surface area contributed by atoms with E-state index in [1.54, 1.807) is 17.7 Å². The molecule has 2 heterocycles. The topological polar surface area (TPSA) is 83.0 Å². The lowest BCUT2D eigenvalue weighted by Crippen LogP contribution is -2.22. The third-order valence-corrected chi connectivity index (χ3v) is 6.10. The zero-order valence-electron chi connectivity index (χ0n) is 18.1. The molecule has 3 aromatic carbocycles. The van der Waals surface area contributed by atoms with E-state index < -0.39 is 0 Å². The molecular formula is C25H20N4O3S. The number of fused-ring (bicyclic) bond motifs is 1. The molecular weight excluding hydrogens is 436 g/mol. The van der Waals surface area contributed by atoms with E-state index >= 15 is 0 Å². The molecule has 0 aliphatic carbocycles. The van der Waals surface area contributed by atoms with Crippen molar-refractivity contribution in [1.29, 1.82) is 0 Å². The highest BCUT2D eigenvalue weighted by Crippen LogP contribution is 2.29. The van der Waals surface area contributed by atoms with Gasteiger partial charge >= 0.3 is 0 Å². The summed E-state index contributed by atoms with van der Waals surface area (Å²) < 4.78 is 12.5. The van der Waals surface area contributed by atoms with Gasteiger partial charge in [0.15, 0.2) is 11.0 Å². The minimum atomic E-state index is -0.166. The van der Waals surface area contributed by atoms with Crippen molar-refractivity contribution in [3.63, 3.8) is 0 Å². The van der Waals surface area contributed by atoms with Gasteiger partial charge in [-0.2, -0.15) is 4.98 Å². The molecule has 0 atom stereocenters. The standard InChI is InChI=1S/C25H20N4O3S/c1-16-11-13-17(14-12-16)23-27-22(28-32-23)15-33-25-26-19-8-4-3-7-18(19)24(30)29(25)20-9-5-6-10-21(20)31-2/h3-14H,15H2,1-2H3. The Morgan fingerprint density at radius 1 is 0.970 bits per heavy atom. The Hall–Kier alpha value is -3.91. The van der Waals surface area contributed by atoms with Crippen LogP contribution in [0.1, 0.15) is 11.4 Å². The number of aromatic nitrogens is 4. The molecule has 0 saturated heterocycles. The van der Waals surface area contributed by atoms with Crippen LogP contribution in [0.3, 0.4) is 0 Å². The summed E-state index contributed by atoms with van der Waals surface area (Å²) >= 11 is 1.37. The molecule has 0 bridgehead atoms. The van der Waals surface area contributed by atoms with E-state index in [9.17, 15) is 4.79 Å². The third-order valence-electron chi connectivity index (χ3n) is 5.17. The minimum absolute atomic E-state index is 0.166. The van der Waals surface area contributed by atoms with Crippen molar-refractivity contribution in [2.24, 2.45) is 0 Å². The molecule has 0 aliphatic heterocycles. The maximum atomic E-state index is 13.5. The van der Waals surface area contributed by atoms with Crippen molar-refractivity contribution >= 4 is 22.7 Å². The Labute approximate surface area is 194 Å². The smallest absolute Gasteiger partial charge is 0.266 e. The van der Waals surface area contributed by atoms with E-state index in [-0.39, 0.29) is 5.56 Å². The average molecular weight is 457 g/mol. The lowest BCUT2D eigenvalue weighted by atomic mass is 10.1. The normalized spacial score (nSPS) is 11.1. The summed E-state index contributed by atoms with van der Waals surface area (Å²) in [5, 5.41) is 5.16. The van der Waals surface area contributed by atoms with Crippen molar-refractivity contribution in [1.82, 2.24) is 19.7 Å². The van der Waals surface area contributed by atoms with Gasteiger partial charge in [-0.3, -0.25) is 9.36 Å². The number of hydrogen-bond donors (Lipinski definition) is 0. The molecule has 0 spiro atoms. The van der Waals surface area contributed by atoms with E-state index in [1.807, 2.05) is 73.7 Å². The van der Waals surface area contributed by atoms with Gasteiger partial charge in [-0.15, -0.1) is 0 Å². The molecule has 0 saturated carbocycles. The van der Waals surface area contributed by atoms with Gasteiger partial charge in [0.25, 0.3) is 11.4 Å². The second-order valence-corrected chi connectivity index (χ2v) is 8.34. The van der Waals surface area contributed by atoms with Crippen molar-refractivity contribution in [2.45, 2.75) is 17.8 Å². The Kier molecular flexibility index (Phi) is 5.66. The molecule has 5 aromatic rings. The molecule has 7 nitrogen and oxygen atoms in total. The predicted molar refractivity (Wildman–Crippen MR) is 128 cm³/mol. The number of rotatable bonds is 6. The number of benzene rings is 3. The van der Waals surface area contributed by atoms with Crippen molar-refractivity contribution in [2.75, 3.05) is 7.11 Å². The number of nitrogens with zero attached hydrogens (tertiary/aromatic N) is 4. The lowest BCUT2D eigenvalue weighted by Gasteiger charge is -2.15.